The summed E-state index contributed by atoms with van der Waals surface area (Å²) in [6.45, 7) is 6.14. The van der Waals surface area contributed by atoms with Gasteiger partial charge in [0.25, 0.3) is 0 Å². The van der Waals surface area contributed by atoms with Crippen molar-refractivity contribution in [2.75, 3.05) is 12.3 Å². The zero-order valence-electron chi connectivity index (χ0n) is 13.0. The molecule has 2 aromatic rings. The van der Waals surface area contributed by atoms with Gasteiger partial charge in [-0.2, -0.15) is 5.10 Å². The van der Waals surface area contributed by atoms with Gasteiger partial charge in [-0.25, -0.2) is 14.8 Å². The SMILES string of the molecule is CCOC(=O)c1nn(C(C)C)c2c1CCc1cnc(N)nc1-2. The van der Waals surface area contributed by atoms with E-state index in [1.807, 2.05) is 18.5 Å². The highest BCUT2D eigenvalue weighted by Gasteiger charge is 2.31. The minimum Gasteiger partial charge on any atom is -0.461 e. The summed E-state index contributed by atoms with van der Waals surface area (Å²) in [5, 5.41) is 4.48. The van der Waals surface area contributed by atoms with E-state index in [1.54, 1.807) is 13.1 Å². The van der Waals surface area contributed by atoms with Gasteiger partial charge in [-0.05, 0) is 39.2 Å². The first-order valence-corrected chi connectivity index (χ1v) is 7.43. The fourth-order valence-electron chi connectivity index (χ4n) is 2.76. The van der Waals surface area contributed by atoms with Crippen LogP contribution in [0.1, 0.15) is 48.4 Å². The van der Waals surface area contributed by atoms with Gasteiger partial charge >= 0.3 is 5.97 Å². The van der Waals surface area contributed by atoms with Crippen molar-refractivity contribution < 1.29 is 9.53 Å². The number of nitrogen functional groups attached to an aromatic ring is 1. The van der Waals surface area contributed by atoms with Crippen molar-refractivity contribution in [3.05, 3.63) is 23.0 Å². The van der Waals surface area contributed by atoms with Gasteiger partial charge in [-0.1, -0.05) is 0 Å². The molecule has 0 saturated carbocycles. The van der Waals surface area contributed by atoms with E-state index in [0.29, 0.717) is 12.3 Å². The second kappa shape index (κ2) is 5.40. The highest BCUT2D eigenvalue weighted by molar-refractivity contribution is 5.91. The van der Waals surface area contributed by atoms with Crippen LogP contribution in [0.25, 0.3) is 11.4 Å². The molecular weight excluding hydrogens is 282 g/mol. The fraction of sp³-hybridized carbons (Fsp3) is 0.467. The molecule has 0 amide bonds. The first kappa shape index (κ1) is 14.5. The summed E-state index contributed by atoms with van der Waals surface area (Å²) >= 11 is 0. The molecule has 0 saturated heterocycles. The predicted molar refractivity (Wildman–Crippen MR) is 81.4 cm³/mol. The van der Waals surface area contributed by atoms with Gasteiger partial charge in [0.1, 0.15) is 0 Å². The maximum absolute atomic E-state index is 12.2. The van der Waals surface area contributed by atoms with Gasteiger partial charge in [0, 0.05) is 17.8 Å². The van der Waals surface area contributed by atoms with Crippen LogP contribution in [0, 0.1) is 0 Å². The molecule has 0 aromatic carbocycles. The zero-order chi connectivity index (χ0) is 15.9. The number of anilines is 1. The van der Waals surface area contributed by atoms with E-state index in [4.69, 9.17) is 10.5 Å². The van der Waals surface area contributed by atoms with E-state index in [2.05, 4.69) is 15.1 Å². The summed E-state index contributed by atoms with van der Waals surface area (Å²) in [6, 6.07) is 0.0964. The first-order chi connectivity index (χ1) is 10.5. The number of nitrogens with two attached hydrogens (primary N) is 1. The van der Waals surface area contributed by atoms with E-state index in [9.17, 15) is 4.79 Å². The fourth-order valence-corrected chi connectivity index (χ4v) is 2.76. The molecule has 0 aliphatic heterocycles. The molecule has 7 heteroatoms. The Bertz CT molecular complexity index is 736. The second-order valence-corrected chi connectivity index (χ2v) is 5.54. The van der Waals surface area contributed by atoms with Crippen molar-refractivity contribution in [3.63, 3.8) is 0 Å². The standard InChI is InChI=1S/C15H19N5O2/c1-4-22-14(21)12-10-6-5-9-7-17-15(16)18-11(9)13(10)20(19-12)8(2)3/h7-8H,4-6H2,1-3H3,(H2,16,17,18). The molecule has 7 nitrogen and oxygen atoms in total. The van der Waals surface area contributed by atoms with Crippen molar-refractivity contribution in [1.29, 1.82) is 0 Å². The quantitative estimate of drug-likeness (QED) is 0.868. The molecule has 0 bridgehead atoms. The van der Waals surface area contributed by atoms with Crippen LogP contribution in [0.3, 0.4) is 0 Å². The number of hydrogen-bond acceptors (Lipinski definition) is 6. The van der Waals surface area contributed by atoms with E-state index < -0.39 is 0 Å². The van der Waals surface area contributed by atoms with Crippen molar-refractivity contribution in [2.24, 2.45) is 0 Å². The maximum atomic E-state index is 12.2. The summed E-state index contributed by atoms with van der Waals surface area (Å²) in [7, 11) is 0. The van der Waals surface area contributed by atoms with Crippen LogP contribution in [-0.4, -0.2) is 32.3 Å². The highest BCUT2D eigenvalue weighted by Crippen LogP contribution is 2.35. The van der Waals surface area contributed by atoms with Gasteiger partial charge < -0.3 is 10.5 Å². The Morgan fingerprint density at radius 2 is 2.23 bits per heavy atom. The predicted octanol–water partition coefficient (Wildman–Crippen LogP) is 1.78. The van der Waals surface area contributed by atoms with E-state index in [0.717, 1.165) is 35.4 Å². The molecule has 1 aliphatic rings. The Hall–Kier alpha value is -2.44. The lowest BCUT2D eigenvalue weighted by Crippen LogP contribution is -2.13. The molecule has 0 spiro atoms. The molecule has 2 aromatic heterocycles. The smallest absolute Gasteiger partial charge is 0.359 e. The molecule has 0 fully saturated rings. The minimum absolute atomic E-state index is 0.0964. The van der Waals surface area contributed by atoms with E-state index in [-0.39, 0.29) is 18.0 Å². The number of carbonyl (C=O) groups is 1. The largest absolute Gasteiger partial charge is 0.461 e. The van der Waals surface area contributed by atoms with Crippen molar-refractivity contribution in [1.82, 2.24) is 19.7 Å². The topological polar surface area (TPSA) is 95.9 Å². The first-order valence-electron chi connectivity index (χ1n) is 7.43. The normalized spacial score (nSPS) is 12.9. The lowest BCUT2D eigenvalue weighted by atomic mass is 9.93. The van der Waals surface area contributed by atoms with Crippen LogP contribution in [0.5, 0.6) is 0 Å². The van der Waals surface area contributed by atoms with Crippen LogP contribution < -0.4 is 5.73 Å². The average molecular weight is 301 g/mol. The Morgan fingerprint density at radius 3 is 2.91 bits per heavy atom. The van der Waals surface area contributed by atoms with Crippen LogP contribution >= 0.6 is 0 Å². The third-order valence-corrected chi connectivity index (χ3v) is 3.72. The van der Waals surface area contributed by atoms with Crippen LogP contribution in [0.15, 0.2) is 6.20 Å². The number of aryl methyl sites for hydroxylation is 1. The molecule has 0 atom stereocenters. The summed E-state index contributed by atoms with van der Waals surface area (Å²) in [5.74, 6) is -0.163. The summed E-state index contributed by atoms with van der Waals surface area (Å²) in [5.41, 5.74) is 9.66. The van der Waals surface area contributed by atoms with Gasteiger partial charge in [0.05, 0.1) is 18.0 Å². The number of fused-ring (bicyclic) bond motifs is 3. The summed E-state index contributed by atoms with van der Waals surface area (Å²) < 4.78 is 6.95. The maximum Gasteiger partial charge on any atom is 0.359 e. The van der Waals surface area contributed by atoms with Crippen molar-refractivity contribution in [3.8, 4) is 11.4 Å². The molecule has 1 aliphatic carbocycles. The average Bonchev–Trinajstić information content (AvgIpc) is 2.87. The molecule has 2 N–H and O–H groups in total. The van der Waals surface area contributed by atoms with Gasteiger partial charge in [0.2, 0.25) is 5.95 Å². The van der Waals surface area contributed by atoms with Crippen LogP contribution in [0.4, 0.5) is 5.95 Å². The zero-order valence-corrected chi connectivity index (χ0v) is 13.0. The van der Waals surface area contributed by atoms with Crippen molar-refractivity contribution >= 4 is 11.9 Å². The van der Waals surface area contributed by atoms with Crippen LogP contribution in [-0.2, 0) is 17.6 Å². The number of aromatic nitrogens is 4. The third kappa shape index (κ3) is 2.22. The van der Waals surface area contributed by atoms with Gasteiger partial charge in [0.15, 0.2) is 5.69 Å². The molecule has 2 heterocycles. The Morgan fingerprint density at radius 1 is 1.45 bits per heavy atom. The molecule has 0 unspecified atom stereocenters. The number of rotatable bonds is 3. The lowest BCUT2D eigenvalue weighted by molar-refractivity contribution is 0.0517. The lowest BCUT2D eigenvalue weighted by Gasteiger charge is -2.18. The monoisotopic (exact) mass is 301 g/mol. The number of nitrogens with zero attached hydrogens (tertiary/aromatic N) is 4. The molecule has 22 heavy (non-hydrogen) atoms. The van der Waals surface area contributed by atoms with E-state index >= 15 is 0 Å². The number of esters is 1. The second-order valence-electron chi connectivity index (χ2n) is 5.54. The third-order valence-electron chi connectivity index (χ3n) is 3.72. The number of ether oxygens (including phenoxy) is 1. The molecule has 116 valence electrons. The Balaban J connectivity index is 2.22. The molecular formula is C15H19N5O2. The Kier molecular flexibility index (Phi) is 3.56. The highest BCUT2D eigenvalue weighted by atomic mass is 16.5. The number of hydrogen-bond donors (Lipinski definition) is 1. The van der Waals surface area contributed by atoms with E-state index in [1.165, 1.54) is 0 Å². The summed E-state index contributed by atoms with van der Waals surface area (Å²) in [6.07, 6.45) is 3.23. The summed E-state index contributed by atoms with van der Waals surface area (Å²) in [4.78, 5) is 20.6. The Labute approximate surface area is 128 Å². The molecule has 0 radical (unpaired) electrons. The van der Waals surface area contributed by atoms with Crippen molar-refractivity contribution in [2.45, 2.75) is 39.7 Å². The number of carbonyl (C=O) groups excluding carboxylic acids is 1. The minimum atomic E-state index is -0.386. The van der Waals surface area contributed by atoms with Gasteiger partial charge in [-0.15, -0.1) is 0 Å². The molecule has 3 rings (SSSR count). The van der Waals surface area contributed by atoms with Gasteiger partial charge in [-0.3, -0.25) is 4.68 Å². The van der Waals surface area contributed by atoms with Crippen LogP contribution in [0.2, 0.25) is 0 Å².